The lowest BCUT2D eigenvalue weighted by molar-refractivity contribution is 0.0428. The van der Waals surface area contributed by atoms with E-state index in [2.05, 4.69) is 24.3 Å². The van der Waals surface area contributed by atoms with E-state index in [-0.39, 0.29) is 19.1 Å². The third-order valence-electron chi connectivity index (χ3n) is 4.57. The van der Waals surface area contributed by atoms with Crippen molar-refractivity contribution in [3.05, 3.63) is 46.8 Å². The minimum absolute atomic E-state index is 0.191. The number of hydrogen-bond donors (Lipinski definition) is 2. The van der Waals surface area contributed by atoms with Crippen molar-refractivity contribution in [1.29, 1.82) is 0 Å². The second-order valence-corrected chi connectivity index (χ2v) is 7.70. The average Bonchev–Trinajstić information content (AvgIpc) is 2.94. The molecule has 1 amide bonds. The van der Waals surface area contributed by atoms with E-state index in [0.717, 1.165) is 17.7 Å². The largest absolute Gasteiger partial charge is 0.488 e. The van der Waals surface area contributed by atoms with Crippen molar-refractivity contribution >= 4 is 5.91 Å². The van der Waals surface area contributed by atoms with Gasteiger partial charge >= 0.3 is 0 Å². The number of nitrogens with one attached hydrogen (secondary N) is 1. The number of para-hydroxylation sites is 1. The fourth-order valence-corrected chi connectivity index (χ4v) is 2.69. The molecule has 1 aromatic carbocycles. The minimum atomic E-state index is -0.938. The Balaban J connectivity index is 2.00. The minimum Gasteiger partial charge on any atom is -0.488 e. The molecule has 0 unspecified atom stereocenters. The smallest absolute Gasteiger partial charge is 0.255 e. The molecule has 2 N–H and O–H groups in total. The van der Waals surface area contributed by atoms with Gasteiger partial charge in [0, 0.05) is 6.54 Å². The molecule has 0 fully saturated rings. The lowest BCUT2D eigenvalue weighted by Crippen LogP contribution is -2.40. The van der Waals surface area contributed by atoms with Crippen molar-refractivity contribution < 1.29 is 19.2 Å². The van der Waals surface area contributed by atoms with Crippen LogP contribution in [-0.4, -0.2) is 28.3 Å². The summed E-state index contributed by atoms with van der Waals surface area (Å²) in [6.07, 6.45) is 1.54. The molecule has 0 aliphatic rings. The molecule has 0 bridgehead atoms. The zero-order valence-electron chi connectivity index (χ0n) is 16.8. The van der Waals surface area contributed by atoms with Gasteiger partial charge in [-0.05, 0) is 51.7 Å². The van der Waals surface area contributed by atoms with Crippen LogP contribution >= 0.6 is 0 Å². The molecule has 2 rings (SSSR count). The van der Waals surface area contributed by atoms with E-state index in [9.17, 15) is 9.90 Å². The van der Waals surface area contributed by atoms with E-state index in [4.69, 9.17) is 9.26 Å². The first-order chi connectivity index (χ1) is 12.7. The summed E-state index contributed by atoms with van der Waals surface area (Å²) in [5.41, 5.74) is 1.15. The third kappa shape index (κ3) is 6.10. The highest BCUT2D eigenvalue weighted by atomic mass is 16.5. The molecule has 27 heavy (non-hydrogen) atoms. The molecule has 0 aliphatic heterocycles. The lowest BCUT2D eigenvalue weighted by atomic mass is 9.95. The molecule has 6 nitrogen and oxygen atoms in total. The SMILES string of the molecule is Cc1noc(C)c1COc1ccccc1C(=O)NC[C@](C)(O)CCC(C)C. The zero-order valence-corrected chi connectivity index (χ0v) is 16.8. The molecule has 2 aromatic rings. The predicted molar refractivity (Wildman–Crippen MR) is 104 cm³/mol. The Morgan fingerprint density at radius 1 is 1.33 bits per heavy atom. The van der Waals surface area contributed by atoms with E-state index in [1.165, 1.54) is 0 Å². The molecular formula is C21H30N2O4. The Morgan fingerprint density at radius 2 is 2.04 bits per heavy atom. The number of aromatic nitrogens is 1. The van der Waals surface area contributed by atoms with Crippen LogP contribution in [0.15, 0.2) is 28.8 Å². The Kier molecular flexibility index (Phi) is 7.02. The van der Waals surface area contributed by atoms with E-state index in [1.807, 2.05) is 19.9 Å². The number of aryl methyl sites for hydroxylation is 2. The lowest BCUT2D eigenvalue weighted by Gasteiger charge is -2.24. The molecule has 0 saturated heterocycles. The van der Waals surface area contributed by atoms with E-state index >= 15 is 0 Å². The first kappa shape index (κ1) is 21.0. The first-order valence-corrected chi connectivity index (χ1v) is 9.34. The molecule has 0 radical (unpaired) electrons. The van der Waals surface area contributed by atoms with Crippen LogP contribution in [0, 0.1) is 19.8 Å². The Morgan fingerprint density at radius 3 is 2.67 bits per heavy atom. The number of amides is 1. The quantitative estimate of drug-likeness (QED) is 0.698. The van der Waals surface area contributed by atoms with Gasteiger partial charge in [0.2, 0.25) is 0 Å². The van der Waals surface area contributed by atoms with Gasteiger partial charge < -0.3 is 19.7 Å². The van der Waals surface area contributed by atoms with E-state index in [1.54, 1.807) is 25.1 Å². The Hall–Kier alpha value is -2.34. The summed E-state index contributed by atoms with van der Waals surface area (Å²) in [5.74, 6) is 1.42. The van der Waals surface area contributed by atoms with Gasteiger partial charge in [0.25, 0.3) is 5.91 Å². The second kappa shape index (κ2) is 9.04. The van der Waals surface area contributed by atoms with Gasteiger partial charge in [-0.1, -0.05) is 31.1 Å². The van der Waals surface area contributed by atoms with Crippen molar-refractivity contribution in [3.8, 4) is 5.75 Å². The van der Waals surface area contributed by atoms with Crippen LogP contribution in [0.2, 0.25) is 0 Å². The second-order valence-electron chi connectivity index (χ2n) is 7.70. The summed E-state index contributed by atoms with van der Waals surface area (Å²) >= 11 is 0. The predicted octanol–water partition coefficient (Wildman–Crippen LogP) is 3.79. The summed E-state index contributed by atoms with van der Waals surface area (Å²) in [6, 6.07) is 7.07. The molecule has 1 heterocycles. The number of nitrogens with zero attached hydrogens (tertiary/aromatic N) is 1. The van der Waals surface area contributed by atoms with Crippen LogP contribution in [0.1, 0.15) is 61.0 Å². The van der Waals surface area contributed by atoms with Crippen LogP contribution in [0.5, 0.6) is 5.75 Å². The highest BCUT2D eigenvalue weighted by Crippen LogP contribution is 2.22. The zero-order chi connectivity index (χ0) is 20.0. The molecule has 0 aliphatic carbocycles. The maximum absolute atomic E-state index is 12.6. The average molecular weight is 374 g/mol. The number of benzene rings is 1. The van der Waals surface area contributed by atoms with Gasteiger partial charge in [-0.2, -0.15) is 0 Å². The van der Waals surface area contributed by atoms with Gasteiger partial charge in [-0.3, -0.25) is 4.79 Å². The highest BCUT2D eigenvalue weighted by molar-refractivity contribution is 5.96. The number of ether oxygens (including phenoxy) is 1. The molecular weight excluding hydrogens is 344 g/mol. The first-order valence-electron chi connectivity index (χ1n) is 9.34. The summed E-state index contributed by atoms with van der Waals surface area (Å²) in [5, 5.41) is 17.2. The summed E-state index contributed by atoms with van der Waals surface area (Å²) in [4.78, 5) is 12.6. The van der Waals surface area contributed by atoms with Crippen molar-refractivity contribution in [2.24, 2.45) is 5.92 Å². The normalized spacial score (nSPS) is 13.4. The maximum Gasteiger partial charge on any atom is 0.255 e. The Labute approximate surface area is 160 Å². The van der Waals surface area contributed by atoms with E-state index in [0.29, 0.717) is 29.4 Å². The monoisotopic (exact) mass is 374 g/mol. The standard InChI is InChI=1S/C21H30N2O4/c1-14(2)10-11-21(5,25)13-22-20(24)17-8-6-7-9-19(17)26-12-18-15(3)23-27-16(18)4/h6-9,14,25H,10-13H2,1-5H3,(H,22,24)/t21-/m1/s1. The van der Waals surface area contributed by atoms with Crippen LogP contribution in [0.3, 0.4) is 0 Å². The van der Waals surface area contributed by atoms with Gasteiger partial charge in [0.1, 0.15) is 18.1 Å². The fraction of sp³-hybridized carbons (Fsp3) is 0.524. The maximum atomic E-state index is 12.6. The number of aliphatic hydroxyl groups is 1. The van der Waals surface area contributed by atoms with Crippen molar-refractivity contribution in [3.63, 3.8) is 0 Å². The summed E-state index contributed by atoms with van der Waals surface area (Å²) < 4.78 is 11.0. The molecule has 1 atom stereocenters. The van der Waals surface area contributed by atoms with Gasteiger partial charge in [0.15, 0.2) is 0 Å². The molecule has 0 saturated carbocycles. The number of carbonyl (C=O) groups excluding carboxylic acids is 1. The van der Waals surface area contributed by atoms with Crippen LogP contribution < -0.4 is 10.1 Å². The van der Waals surface area contributed by atoms with Crippen LogP contribution in [-0.2, 0) is 6.61 Å². The Bertz CT molecular complexity index is 746. The molecule has 6 heteroatoms. The fourth-order valence-electron chi connectivity index (χ4n) is 2.69. The van der Waals surface area contributed by atoms with Crippen LogP contribution in [0.4, 0.5) is 0 Å². The van der Waals surface area contributed by atoms with Crippen molar-refractivity contribution in [1.82, 2.24) is 10.5 Å². The number of carbonyl (C=O) groups is 1. The number of rotatable bonds is 9. The van der Waals surface area contributed by atoms with Crippen molar-refractivity contribution in [2.45, 2.75) is 59.7 Å². The highest BCUT2D eigenvalue weighted by Gasteiger charge is 2.23. The van der Waals surface area contributed by atoms with Gasteiger partial charge in [0.05, 0.1) is 22.4 Å². The molecule has 148 valence electrons. The number of hydrogen-bond acceptors (Lipinski definition) is 5. The van der Waals surface area contributed by atoms with E-state index < -0.39 is 5.60 Å². The third-order valence-corrected chi connectivity index (χ3v) is 4.57. The van der Waals surface area contributed by atoms with Gasteiger partial charge in [-0.15, -0.1) is 0 Å². The molecule has 0 spiro atoms. The topological polar surface area (TPSA) is 84.6 Å². The van der Waals surface area contributed by atoms with Crippen LogP contribution in [0.25, 0.3) is 0 Å². The summed E-state index contributed by atoms with van der Waals surface area (Å²) in [7, 11) is 0. The van der Waals surface area contributed by atoms with Gasteiger partial charge in [-0.25, -0.2) is 0 Å². The molecule has 1 aromatic heterocycles. The van der Waals surface area contributed by atoms with Crippen molar-refractivity contribution in [2.75, 3.05) is 6.54 Å². The summed E-state index contributed by atoms with van der Waals surface area (Å²) in [6.45, 7) is 10.1.